The van der Waals surface area contributed by atoms with Gasteiger partial charge in [0.25, 0.3) is 5.91 Å². The molecular weight excluding hydrogens is 399 g/mol. The van der Waals surface area contributed by atoms with E-state index in [1.807, 2.05) is 25.1 Å². The Balaban J connectivity index is 0.00000169. The second-order valence-corrected chi connectivity index (χ2v) is 6.51. The number of anilines is 2. The summed E-state index contributed by atoms with van der Waals surface area (Å²) in [5.41, 5.74) is 1.82. The minimum atomic E-state index is -0.291. The Morgan fingerprint density at radius 2 is 2.00 bits per heavy atom. The summed E-state index contributed by atoms with van der Waals surface area (Å²) in [4.78, 5) is 14.4. The molecule has 1 saturated heterocycles. The number of halogens is 3. The van der Waals surface area contributed by atoms with Crippen LogP contribution in [0.4, 0.5) is 11.4 Å². The Kier molecular flexibility index (Phi) is 8.62. The standard InChI is InChI=1S/C16H21ClN6O.2ClH/c1-22(2)15-4-3-11(17)9-13(15)19-16(24)14-10-23(21-20-14)12-5-7-18-8-6-12;;/h3-4,9-10,12,18H,5-8H2,1-2H3,(H,19,24);2*1H. The predicted molar refractivity (Wildman–Crippen MR) is 109 cm³/mol. The summed E-state index contributed by atoms with van der Waals surface area (Å²) < 4.78 is 1.79. The van der Waals surface area contributed by atoms with E-state index in [0.717, 1.165) is 31.6 Å². The minimum absolute atomic E-state index is 0. The molecule has 0 radical (unpaired) electrons. The molecule has 1 aliphatic rings. The van der Waals surface area contributed by atoms with E-state index < -0.39 is 0 Å². The van der Waals surface area contributed by atoms with Gasteiger partial charge in [-0.15, -0.1) is 29.9 Å². The highest BCUT2D eigenvalue weighted by molar-refractivity contribution is 6.31. The minimum Gasteiger partial charge on any atom is -0.376 e. The number of carbonyl (C=O) groups is 1. The van der Waals surface area contributed by atoms with Crippen LogP contribution in [0, 0.1) is 0 Å². The molecule has 144 valence electrons. The van der Waals surface area contributed by atoms with Crippen molar-refractivity contribution in [3.63, 3.8) is 0 Å². The third kappa shape index (κ3) is 5.23. The molecule has 1 aliphatic heterocycles. The fraction of sp³-hybridized carbons (Fsp3) is 0.438. The van der Waals surface area contributed by atoms with Crippen LogP contribution in [-0.4, -0.2) is 48.1 Å². The van der Waals surface area contributed by atoms with Crippen LogP contribution < -0.4 is 15.5 Å². The zero-order valence-electron chi connectivity index (χ0n) is 14.6. The van der Waals surface area contributed by atoms with E-state index in [2.05, 4.69) is 20.9 Å². The highest BCUT2D eigenvalue weighted by Crippen LogP contribution is 2.28. The molecule has 0 saturated carbocycles. The Labute approximate surface area is 170 Å². The van der Waals surface area contributed by atoms with Crippen LogP contribution in [0.15, 0.2) is 24.4 Å². The lowest BCUT2D eigenvalue weighted by Gasteiger charge is -2.22. The molecule has 1 aromatic heterocycles. The van der Waals surface area contributed by atoms with E-state index in [9.17, 15) is 4.79 Å². The molecule has 0 bridgehead atoms. The molecule has 3 rings (SSSR count). The fourth-order valence-corrected chi connectivity index (χ4v) is 2.99. The second kappa shape index (κ2) is 9.97. The van der Waals surface area contributed by atoms with Gasteiger partial charge in [0.05, 0.1) is 23.6 Å². The molecule has 1 fully saturated rings. The van der Waals surface area contributed by atoms with Crippen LogP contribution in [0.5, 0.6) is 0 Å². The van der Waals surface area contributed by atoms with Gasteiger partial charge in [-0.25, -0.2) is 4.68 Å². The Bertz CT molecular complexity index is 731. The number of aromatic nitrogens is 3. The van der Waals surface area contributed by atoms with Gasteiger partial charge in [-0.3, -0.25) is 4.79 Å². The number of nitrogens with one attached hydrogen (secondary N) is 2. The maximum Gasteiger partial charge on any atom is 0.277 e. The highest BCUT2D eigenvalue weighted by atomic mass is 35.5. The van der Waals surface area contributed by atoms with Gasteiger partial charge in [0, 0.05) is 19.1 Å². The molecule has 10 heteroatoms. The van der Waals surface area contributed by atoms with Gasteiger partial charge in [-0.2, -0.15) is 0 Å². The fourth-order valence-electron chi connectivity index (χ4n) is 2.82. The third-order valence-corrected chi connectivity index (χ3v) is 4.35. The largest absolute Gasteiger partial charge is 0.376 e. The van der Waals surface area contributed by atoms with Gasteiger partial charge in [0.1, 0.15) is 0 Å². The van der Waals surface area contributed by atoms with Crippen LogP contribution in [0.1, 0.15) is 29.4 Å². The summed E-state index contributed by atoms with van der Waals surface area (Å²) in [6, 6.07) is 5.68. The lowest BCUT2D eigenvalue weighted by atomic mass is 10.1. The van der Waals surface area contributed by atoms with Crippen LogP contribution in [-0.2, 0) is 0 Å². The molecule has 0 atom stereocenters. The molecule has 2 heterocycles. The number of piperidine rings is 1. The molecular formula is C16H23Cl3N6O. The van der Waals surface area contributed by atoms with Crippen molar-refractivity contribution in [2.45, 2.75) is 18.9 Å². The molecule has 0 spiro atoms. The third-order valence-electron chi connectivity index (χ3n) is 4.11. The molecule has 1 amide bonds. The molecule has 26 heavy (non-hydrogen) atoms. The number of nitrogens with zero attached hydrogens (tertiary/aromatic N) is 4. The van der Waals surface area contributed by atoms with Gasteiger partial charge in [-0.1, -0.05) is 16.8 Å². The number of hydrogen-bond acceptors (Lipinski definition) is 5. The Hall–Kier alpha value is -1.54. The number of amides is 1. The van der Waals surface area contributed by atoms with Crippen molar-refractivity contribution < 1.29 is 4.79 Å². The first-order valence-electron chi connectivity index (χ1n) is 7.95. The van der Waals surface area contributed by atoms with Crippen molar-refractivity contribution >= 4 is 53.7 Å². The van der Waals surface area contributed by atoms with E-state index in [4.69, 9.17) is 11.6 Å². The Morgan fingerprint density at radius 3 is 2.65 bits per heavy atom. The van der Waals surface area contributed by atoms with Crippen molar-refractivity contribution in [3.8, 4) is 0 Å². The summed E-state index contributed by atoms with van der Waals surface area (Å²) in [5, 5.41) is 14.9. The van der Waals surface area contributed by atoms with E-state index in [1.54, 1.807) is 23.0 Å². The first-order chi connectivity index (χ1) is 11.5. The van der Waals surface area contributed by atoms with Crippen molar-refractivity contribution in [1.82, 2.24) is 20.3 Å². The zero-order chi connectivity index (χ0) is 17.1. The molecule has 2 aromatic rings. The second-order valence-electron chi connectivity index (χ2n) is 6.07. The molecule has 2 N–H and O–H groups in total. The van der Waals surface area contributed by atoms with Crippen molar-refractivity contribution in [3.05, 3.63) is 35.1 Å². The molecule has 0 unspecified atom stereocenters. The molecule has 7 nitrogen and oxygen atoms in total. The van der Waals surface area contributed by atoms with E-state index >= 15 is 0 Å². The van der Waals surface area contributed by atoms with Crippen LogP contribution in [0.2, 0.25) is 5.02 Å². The topological polar surface area (TPSA) is 75.1 Å². The van der Waals surface area contributed by atoms with Crippen LogP contribution >= 0.6 is 36.4 Å². The SMILES string of the molecule is CN(C)c1ccc(Cl)cc1NC(=O)c1cn(C2CCNCC2)nn1.Cl.Cl. The number of carbonyl (C=O) groups excluding carboxylic acids is 1. The van der Waals surface area contributed by atoms with E-state index in [1.165, 1.54) is 0 Å². The lowest BCUT2D eigenvalue weighted by molar-refractivity contribution is 0.102. The number of rotatable bonds is 4. The maximum absolute atomic E-state index is 12.5. The summed E-state index contributed by atoms with van der Waals surface area (Å²) in [5.74, 6) is -0.291. The highest BCUT2D eigenvalue weighted by Gasteiger charge is 2.19. The summed E-state index contributed by atoms with van der Waals surface area (Å²) in [6.07, 6.45) is 3.69. The normalized spacial score (nSPS) is 14.1. The van der Waals surface area contributed by atoms with Gasteiger partial charge >= 0.3 is 0 Å². The first-order valence-corrected chi connectivity index (χ1v) is 8.33. The molecule has 1 aromatic carbocycles. The van der Waals surface area contributed by atoms with Crippen molar-refractivity contribution in [2.24, 2.45) is 0 Å². The summed E-state index contributed by atoms with van der Waals surface area (Å²) in [6.45, 7) is 1.92. The maximum atomic E-state index is 12.5. The zero-order valence-corrected chi connectivity index (χ0v) is 17.0. The van der Waals surface area contributed by atoms with Gasteiger partial charge in [-0.05, 0) is 44.1 Å². The predicted octanol–water partition coefficient (Wildman–Crippen LogP) is 3.02. The smallest absolute Gasteiger partial charge is 0.277 e. The average molecular weight is 422 g/mol. The number of hydrogen-bond donors (Lipinski definition) is 2. The van der Waals surface area contributed by atoms with Crippen LogP contribution in [0.3, 0.4) is 0 Å². The monoisotopic (exact) mass is 420 g/mol. The van der Waals surface area contributed by atoms with E-state index in [0.29, 0.717) is 22.4 Å². The van der Waals surface area contributed by atoms with Crippen molar-refractivity contribution in [2.75, 3.05) is 37.4 Å². The average Bonchev–Trinajstić information content (AvgIpc) is 3.05. The van der Waals surface area contributed by atoms with Crippen LogP contribution in [0.25, 0.3) is 0 Å². The van der Waals surface area contributed by atoms with Gasteiger partial charge in [0.15, 0.2) is 5.69 Å². The molecule has 0 aliphatic carbocycles. The first kappa shape index (κ1) is 22.5. The van der Waals surface area contributed by atoms with Gasteiger partial charge < -0.3 is 15.5 Å². The van der Waals surface area contributed by atoms with Gasteiger partial charge in [0.2, 0.25) is 0 Å². The lowest BCUT2D eigenvalue weighted by Crippen LogP contribution is -2.29. The van der Waals surface area contributed by atoms with E-state index in [-0.39, 0.29) is 30.7 Å². The Morgan fingerprint density at radius 1 is 1.31 bits per heavy atom. The summed E-state index contributed by atoms with van der Waals surface area (Å²) in [7, 11) is 3.82. The van der Waals surface area contributed by atoms with Crippen molar-refractivity contribution in [1.29, 1.82) is 0 Å². The quantitative estimate of drug-likeness (QED) is 0.794. The number of benzene rings is 1. The summed E-state index contributed by atoms with van der Waals surface area (Å²) >= 11 is 6.05.